The Balaban J connectivity index is 0.00000320. The lowest BCUT2D eigenvalue weighted by Gasteiger charge is -2.36. The molecule has 0 atom stereocenters. The quantitative estimate of drug-likeness (QED) is 0.214. The Bertz CT molecular complexity index is 866. The van der Waals surface area contributed by atoms with E-state index in [0.717, 1.165) is 17.1 Å². The smallest absolute Gasteiger partial charge is 0.269 e. The molecule has 0 aliphatic carbocycles. The number of halogens is 1. The Hall–Kier alpha value is -2.69. The summed E-state index contributed by atoms with van der Waals surface area (Å²) >= 11 is 0. The van der Waals surface area contributed by atoms with Crippen LogP contribution in [0.5, 0.6) is 0 Å². The number of benzene rings is 2. The summed E-state index contributed by atoms with van der Waals surface area (Å²) in [5.74, 6) is 0.863. The van der Waals surface area contributed by atoms with E-state index in [0.29, 0.717) is 39.3 Å². The fourth-order valence-corrected chi connectivity index (χ4v) is 3.17. The summed E-state index contributed by atoms with van der Waals surface area (Å²) in [5.41, 5.74) is 2.13. The van der Waals surface area contributed by atoms with Crippen LogP contribution in [0.4, 0.5) is 5.69 Å². The van der Waals surface area contributed by atoms with Gasteiger partial charge in [0.05, 0.1) is 11.5 Å². The molecule has 1 aliphatic heterocycles. The summed E-state index contributed by atoms with van der Waals surface area (Å²) in [4.78, 5) is 30.7. The van der Waals surface area contributed by atoms with Crippen molar-refractivity contribution in [2.24, 2.45) is 4.99 Å². The number of nitro groups is 1. The van der Waals surface area contributed by atoms with Crippen LogP contribution in [0.1, 0.15) is 18.1 Å². The third kappa shape index (κ3) is 6.68. The van der Waals surface area contributed by atoms with Crippen molar-refractivity contribution in [1.29, 1.82) is 0 Å². The van der Waals surface area contributed by atoms with Gasteiger partial charge in [-0.05, 0) is 11.1 Å². The minimum Gasteiger partial charge on any atom is -0.352 e. The monoisotopic (exact) mass is 523 g/mol. The summed E-state index contributed by atoms with van der Waals surface area (Å²) in [6, 6.07) is 16.5. The zero-order valence-corrected chi connectivity index (χ0v) is 19.2. The molecule has 0 saturated carbocycles. The predicted octanol–water partition coefficient (Wildman–Crippen LogP) is 3.02. The summed E-state index contributed by atoms with van der Waals surface area (Å²) in [5, 5.41) is 14.2. The van der Waals surface area contributed by atoms with Crippen molar-refractivity contribution in [2.75, 3.05) is 26.2 Å². The minimum atomic E-state index is -0.404. The Labute approximate surface area is 193 Å². The van der Waals surface area contributed by atoms with Gasteiger partial charge >= 0.3 is 0 Å². The topological polar surface area (TPSA) is 91.1 Å². The third-order valence-electron chi connectivity index (χ3n) is 4.88. The van der Waals surface area contributed by atoms with Crippen molar-refractivity contribution in [2.45, 2.75) is 20.0 Å². The second-order valence-electron chi connectivity index (χ2n) is 6.90. The SMILES string of the molecule is CC(=O)N1CCN(C(=NCc2ccccc2)NCc2ccc([N+](=O)[O-])cc2)CC1.I. The first-order valence-corrected chi connectivity index (χ1v) is 9.59. The number of aliphatic imine (C=N–C) groups is 1. The molecule has 2 aromatic rings. The van der Waals surface area contributed by atoms with E-state index in [9.17, 15) is 14.9 Å². The standard InChI is InChI=1S/C21H25N5O3.HI/c1-17(27)24-11-13-25(14-12-24)21(22-15-18-5-3-2-4-6-18)23-16-19-7-9-20(10-8-19)26(28)29;/h2-10H,11-16H2,1H3,(H,22,23);1H. The second-order valence-corrected chi connectivity index (χ2v) is 6.90. The fraction of sp³-hybridized carbons (Fsp3) is 0.333. The number of nitro benzene ring substituents is 1. The number of guanidine groups is 1. The van der Waals surface area contributed by atoms with Gasteiger partial charge in [-0.25, -0.2) is 4.99 Å². The maximum absolute atomic E-state index is 11.6. The first-order chi connectivity index (χ1) is 14.0. The van der Waals surface area contributed by atoms with E-state index in [1.54, 1.807) is 19.1 Å². The molecule has 0 unspecified atom stereocenters. The lowest BCUT2D eigenvalue weighted by atomic mass is 10.2. The lowest BCUT2D eigenvalue weighted by molar-refractivity contribution is -0.384. The number of hydrogen-bond acceptors (Lipinski definition) is 4. The molecule has 160 valence electrons. The van der Waals surface area contributed by atoms with Crippen molar-refractivity contribution in [3.8, 4) is 0 Å². The maximum Gasteiger partial charge on any atom is 0.269 e. The normalized spacial score (nSPS) is 14.1. The highest BCUT2D eigenvalue weighted by molar-refractivity contribution is 14.0. The maximum atomic E-state index is 11.6. The van der Waals surface area contributed by atoms with Crippen molar-refractivity contribution in [3.05, 3.63) is 75.8 Å². The zero-order valence-electron chi connectivity index (χ0n) is 16.9. The van der Waals surface area contributed by atoms with Crippen LogP contribution in [0, 0.1) is 10.1 Å². The van der Waals surface area contributed by atoms with Gasteiger partial charge in [-0.2, -0.15) is 0 Å². The van der Waals surface area contributed by atoms with E-state index in [1.165, 1.54) is 12.1 Å². The first-order valence-electron chi connectivity index (χ1n) is 9.59. The number of nitrogens with zero attached hydrogens (tertiary/aromatic N) is 4. The molecule has 1 N–H and O–H groups in total. The molecule has 0 bridgehead atoms. The average molecular weight is 523 g/mol. The van der Waals surface area contributed by atoms with Crippen molar-refractivity contribution in [3.63, 3.8) is 0 Å². The van der Waals surface area contributed by atoms with Crippen molar-refractivity contribution in [1.82, 2.24) is 15.1 Å². The van der Waals surface area contributed by atoms with Crippen LogP contribution in [0.2, 0.25) is 0 Å². The van der Waals surface area contributed by atoms with Gasteiger partial charge in [0, 0.05) is 51.8 Å². The molecule has 1 amide bonds. The Morgan fingerprint density at radius 1 is 1.00 bits per heavy atom. The van der Waals surface area contributed by atoms with Gasteiger partial charge in [-0.15, -0.1) is 24.0 Å². The van der Waals surface area contributed by atoms with Gasteiger partial charge in [-0.3, -0.25) is 14.9 Å². The molecule has 1 heterocycles. The summed E-state index contributed by atoms with van der Waals surface area (Å²) in [6.45, 7) is 5.40. The van der Waals surface area contributed by atoms with Crippen LogP contribution in [0.3, 0.4) is 0 Å². The van der Waals surface area contributed by atoms with E-state index < -0.39 is 4.92 Å². The number of piperazine rings is 1. The lowest BCUT2D eigenvalue weighted by Crippen LogP contribution is -2.53. The zero-order chi connectivity index (χ0) is 20.6. The molecule has 2 aromatic carbocycles. The Morgan fingerprint density at radius 2 is 1.60 bits per heavy atom. The van der Waals surface area contributed by atoms with Crippen molar-refractivity contribution < 1.29 is 9.72 Å². The molecule has 0 aromatic heterocycles. The highest BCUT2D eigenvalue weighted by Gasteiger charge is 2.21. The van der Waals surface area contributed by atoms with E-state index in [4.69, 9.17) is 4.99 Å². The minimum absolute atomic E-state index is 0. The molecule has 1 fully saturated rings. The predicted molar refractivity (Wildman–Crippen MR) is 127 cm³/mol. The van der Waals surface area contributed by atoms with Crippen LogP contribution < -0.4 is 5.32 Å². The Kier molecular flexibility index (Phi) is 9.03. The number of rotatable bonds is 5. The summed E-state index contributed by atoms with van der Waals surface area (Å²) in [7, 11) is 0. The first kappa shape index (κ1) is 23.6. The van der Waals surface area contributed by atoms with E-state index in [2.05, 4.69) is 10.2 Å². The number of carbonyl (C=O) groups is 1. The number of hydrogen-bond donors (Lipinski definition) is 1. The Morgan fingerprint density at radius 3 is 2.17 bits per heavy atom. The number of nitrogens with one attached hydrogen (secondary N) is 1. The molecule has 0 spiro atoms. The molecular weight excluding hydrogens is 497 g/mol. The molecule has 0 radical (unpaired) electrons. The molecule has 1 aliphatic rings. The molecular formula is C21H26IN5O3. The molecule has 30 heavy (non-hydrogen) atoms. The van der Waals surface area contributed by atoms with Crippen molar-refractivity contribution >= 4 is 41.5 Å². The van der Waals surface area contributed by atoms with Gasteiger partial charge in [-0.1, -0.05) is 42.5 Å². The number of non-ortho nitro benzene ring substituents is 1. The van der Waals surface area contributed by atoms with Crippen LogP contribution in [0.15, 0.2) is 59.6 Å². The summed E-state index contributed by atoms with van der Waals surface area (Å²) < 4.78 is 0. The highest BCUT2D eigenvalue weighted by Crippen LogP contribution is 2.12. The van der Waals surface area contributed by atoms with Gasteiger partial charge < -0.3 is 15.1 Å². The fourth-order valence-electron chi connectivity index (χ4n) is 3.17. The van der Waals surface area contributed by atoms with E-state index in [-0.39, 0.29) is 35.6 Å². The van der Waals surface area contributed by atoms with Gasteiger partial charge in [0.15, 0.2) is 5.96 Å². The summed E-state index contributed by atoms with van der Waals surface area (Å²) in [6.07, 6.45) is 0. The second kappa shape index (κ2) is 11.5. The van der Waals surface area contributed by atoms with Crippen LogP contribution in [-0.4, -0.2) is 52.8 Å². The third-order valence-corrected chi connectivity index (χ3v) is 4.88. The molecule has 8 nitrogen and oxygen atoms in total. The average Bonchev–Trinajstić information content (AvgIpc) is 2.75. The van der Waals surface area contributed by atoms with E-state index in [1.807, 2.05) is 35.2 Å². The van der Waals surface area contributed by atoms with Gasteiger partial charge in [0.25, 0.3) is 5.69 Å². The molecule has 3 rings (SSSR count). The molecule has 9 heteroatoms. The molecule has 1 saturated heterocycles. The number of amides is 1. The largest absolute Gasteiger partial charge is 0.352 e. The number of carbonyl (C=O) groups excluding carboxylic acids is 1. The van der Waals surface area contributed by atoms with E-state index >= 15 is 0 Å². The van der Waals surface area contributed by atoms with Crippen LogP contribution in [-0.2, 0) is 17.9 Å². The van der Waals surface area contributed by atoms with Gasteiger partial charge in [0.2, 0.25) is 5.91 Å². The van der Waals surface area contributed by atoms with Gasteiger partial charge in [0.1, 0.15) is 0 Å². The highest BCUT2D eigenvalue weighted by atomic mass is 127. The van der Waals surface area contributed by atoms with Crippen LogP contribution in [0.25, 0.3) is 0 Å². The van der Waals surface area contributed by atoms with Crippen LogP contribution >= 0.6 is 24.0 Å².